The van der Waals surface area contributed by atoms with Crippen LogP contribution in [-0.4, -0.2) is 24.0 Å². The zero-order valence-corrected chi connectivity index (χ0v) is 10.3. The average molecular weight is 257 g/mol. The second-order valence-electron chi connectivity index (χ2n) is 3.74. The van der Waals surface area contributed by atoms with Crippen LogP contribution in [0.2, 0.25) is 5.02 Å². The molecule has 0 amide bonds. The molecular formula is C12H13ClO4. The highest BCUT2D eigenvalue weighted by molar-refractivity contribution is 6.30. The molecule has 17 heavy (non-hydrogen) atoms. The van der Waals surface area contributed by atoms with Crippen LogP contribution in [0.15, 0.2) is 24.3 Å². The number of carbonyl (C=O) groups is 2. The van der Waals surface area contributed by atoms with E-state index in [0.29, 0.717) is 5.02 Å². The third-order valence-corrected chi connectivity index (χ3v) is 2.60. The number of methoxy groups -OCH3 is 1. The van der Waals surface area contributed by atoms with Crippen LogP contribution >= 0.6 is 11.6 Å². The molecule has 4 nitrogen and oxygen atoms in total. The third-order valence-electron chi connectivity index (χ3n) is 2.35. The number of esters is 1. The molecule has 0 spiro atoms. The number of hydrogen-bond acceptors (Lipinski definition) is 4. The van der Waals surface area contributed by atoms with Gasteiger partial charge in [0.25, 0.3) is 0 Å². The maximum Gasteiger partial charge on any atom is 0.343 e. The number of ether oxygens (including phenoxy) is 1. The number of halogens is 1. The summed E-state index contributed by atoms with van der Waals surface area (Å²) in [4.78, 5) is 22.7. The van der Waals surface area contributed by atoms with E-state index in [2.05, 4.69) is 4.74 Å². The summed E-state index contributed by atoms with van der Waals surface area (Å²) in [5, 5.41) is 10.7. The van der Waals surface area contributed by atoms with Crippen LogP contribution in [0.4, 0.5) is 0 Å². The Morgan fingerprint density at radius 3 is 2.29 bits per heavy atom. The molecule has 0 radical (unpaired) electrons. The van der Waals surface area contributed by atoms with Crippen LogP contribution in [0.1, 0.15) is 18.9 Å². The normalized spacial score (nSPS) is 13.9. The quantitative estimate of drug-likeness (QED) is 0.833. The molecule has 1 atom stereocenters. The summed E-state index contributed by atoms with van der Waals surface area (Å²) >= 11 is 5.72. The standard InChI is InChI=1S/C12H13ClO4/c1-8(14)7-12(16,11(15)17-2)9-3-5-10(13)6-4-9/h3-6,16H,7H2,1-2H3. The maximum absolute atomic E-state index is 11.6. The van der Waals surface area contributed by atoms with Crippen molar-refractivity contribution >= 4 is 23.4 Å². The topological polar surface area (TPSA) is 63.6 Å². The van der Waals surface area contributed by atoms with Gasteiger partial charge >= 0.3 is 5.97 Å². The molecule has 0 aliphatic heterocycles. The fourth-order valence-electron chi connectivity index (χ4n) is 1.55. The van der Waals surface area contributed by atoms with E-state index in [-0.39, 0.29) is 17.8 Å². The smallest absolute Gasteiger partial charge is 0.343 e. The Morgan fingerprint density at radius 2 is 1.88 bits per heavy atom. The van der Waals surface area contributed by atoms with Crippen molar-refractivity contribution < 1.29 is 19.4 Å². The third kappa shape index (κ3) is 3.05. The summed E-state index contributed by atoms with van der Waals surface area (Å²) in [6, 6.07) is 6.04. The predicted octanol–water partition coefficient (Wildman–Crippen LogP) is 1.68. The molecule has 1 rings (SSSR count). The summed E-state index contributed by atoms with van der Waals surface area (Å²) in [6.45, 7) is 1.30. The highest BCUT2D eigenvalue weighted by Gasteiger charge is 2.40. The monoisotopic (exact) mass is 256 g/mol. The fraction of sp³-hybridized carbons (Fsp3) is 0.333. The highest BCUT2D eigenvalue weighted by atomic mass is 35.5. The SMILES string of the molecule is COC(=O)C(O)(CC(C)=O)c1ccc(Cl)cc1. The summed E-state index contributed by atoms with van der Waals surface area (Å²) < 4.78 is 4.53. The molecular weight excluding hydrogens is 244 g/mol. The lowest BCUT2D eigenvalue weighted by Crippen LogP contribution is -2.38. The van der Waals surface area contributed by atoms with Gasteiger partial charge in [-0.15, -0.1) is 0 Å². The molecule has 0 heterocycles. The molecule has 0 aromatic heterocycles. The van der Waals surface area contributed by atoms with Crippen molar-refractivity contribution in [1.82, 2.24) is 0 Å². The fourth-order valence-corrected chi connectivity index (χ4v) is 1.67. The molecule has 1 aromatic rings. The van der Waals surface area contributed by atoms with Gasteiger partial charge in [0.15, 0.2) is 5.60 Å². The van der Waals surface area contributed by atoms with E-state index < -0.39 is 11.6 Å². The van der Waals surface area contributed by atoms with Gasteiger partial charge in [-0.3, -0.25) is 4.79 Å². The van der Waals surface area contributed by atoms with Gasteiger partial charge in [0.2, 0.25) is 0 Å². The molecule has 5 heteroatoms. The average Bonchev–Trinajstić information content (AvgIpc) is 2.27. The van der Waals surface area contributed by atoms with Crippen molar-refractivity contribution in [2.75, 3.05) is 7.11 Å². The van der Waals surface area contributed by atoms with Crippen LogP contribution in [0.5, 0.6) is 0 Å². The highest BCUT2D eigenvalue weighted by Crippen LogP contribution is 2.28. The lowest BCUT2D eigenvalue weighted by atomic mass is 9.89. The van der Waals surface area contributed by atoms with E-state index in [1.54, 1.807) is 0 Å². The first-order chi connectivity index (χ1) is 7.90. The van der Waals surface area contributed by atoms with Gasteiger partial charge in [-0.1, -0.05) is 23.7 Å². The van der Waals surface area contributed by atoms with E-state index in [4.69, 9.17) is 11.6 Å². The Bertz CT molecular complexity index is 427. The summed E-state index contributed by atoms with van der Waals surface area (Å²) in [6.07, 6.45) is -0.332. The van der Waals surface area contributed by atoms with Crippen molar-refractivity contribution in [3.8, 4) is 0 Å². The Morgan fingerprint density at radius 1 is 1.35 bits per heavy atom. The summed E-state index contributed by atoms with van der Waals surface area (Å²) in [7, 11) is 1.16. The van der Waals surface area contributed by atoms with Crippen molar-refractivity contribution in [3.05, 3.63) is 34.9 Å². The van der Waals surface area contributed by atoms with Gasteiger partial charge < -0.3 is 9.84 Å². The second kappa shape index (κ2) is 5.29. The second-order valence-corrected chi connectivity index (χ2v) is 4.17. The number of carbonyl (C=O) groups excluding carboxylic acids is 2. The van der Waals surface area contributed by atoms with E-state index in [1.807, 2.05) is 0 Å². The van der Waals surface area contributed by atoms with E-state index in [0.717, 1.165) is 7.11 Å². The lowest BCUT2D eigenvalue weighted by Gasteiger charge is -2.24. The summed E-state index contributed by atoms with van der Waals surface area (Å²) in [5.74, 6) is -1.18. The van der Waals surface area contributed by atoms with Gasteiger partial charge in [0.1, 0.15) is 5.78 Å². The maximum atomic E-state index is 11.6. The van der Waals surface area contributed by atoms with Gasteiger partial charge in [-0.2, -0.15) is 0 Å². The molecule has 92 valence electrons. The van der Waals surface area contributed by atoms with Crippen LogP contribution in [0, 0.1) is 0 Å². The zero-order valence-electron chi connectivity index (χ0n) is 9.57. The minimum atomic E-state index is -1.95. The van der Waals surface area contributed by atoms with Crippen LogP contribution in [0.25, 0.3) is 0 Å². The molecule has 0 aliphatic rings. The number of ketones is 1. The van der Waals surface area contributed by atoms with Gasteiger partial charge in [-0.25, -0.2) is 4.79 Å². The molecule has 0 bridgehead atoms. The van der Waals surface area contributed by atoms with Crippen LogP contribution < -0.4 is 0 Å². The number of aliphatic hydroxyl groups is 1. The van der Waals surface area contributed by atoms with Gasteiger partial charge in [-0.05, 0) is 24.6 Å². The Kier molecular flexibility index (Phi) is 4.26. The molecule has 0 saturated carbocycles. The van der Waals surface area contributed by atoms with Gasteiger partial charge in [0, 0.05) is 11.4 Å². The zero-order chi connectivity index (χ0) is 13.1. The Labute approximate surface area is 104 Å². The van der Waals surface area contributed by atoms with Crippen molar-refractivity contribution in [3.63, 3.8) is 0 Å². The summed E-state index contributed by atoms with van der Waals surface area (Å²) in [5.41, 5.74) is -1.67. The molecule has 1 aromatic carbocycles. The predicted molar refractivity (Wildman–Crippen MR) is 62.7 cm³/mol. The van der Waals surface area contributed by atoms with Crippen LogP contribution in [0.3, 0.4) is 0 Å². The molecule has 0 saturated heterocycles. The first kappa shape index (κ1) is 13.7. The van der Waals surface area contributed by atoms with Crippen molar-refractivity contribution in [2.24, 2.45) is 0 Å². The Balaban J connectivity index is 3.18. The lowest BCUT2D eigenvalue weighted by molar-refractivity contribution is -0.166. The van der Waals surface area contributed by atoms with Crippen molar-refractivity contribution in [2.45, 2.75) is 18.9 Å². The van der Waals surface area contributed by atoms with E-state index in [9.17, 15) is 14.7 Å². The molecule has 1 N–H and O–H groups in total. The number of hydrogen-bond donors (Lipinski definition) is 1. The van der Waals surface area contributed by atoms with Gasteiger partial charge in [0.05, 0.1) is 7.11 Å². The van der Waals surface area contributed by atoms with E-state index in [1.165, 1.54) is 31.2 Å². The first-order valence-electron chi connectivity index (χ1n) is 4.96. The van der Waals surface area contributed by atoms with Crippen molar-refractivity contribution in [1.29, 1.82) is 0 Å². The molecule has 1 unspecified atom stereocenters. The minimum Gasteiger partial charge on any atom is -0.467 e. The molecule has 0 fully saturated rings. The number of Topliss-reactive ketones (excluding diaryl/α,β-unsaturated/α-hetero) is 1. The molecule has 0 aliphatic carbocycles. The number of rotatable bonds is 4. The number of benzene rings is 1. The first-order valence-corrected chi connectivity index (χ1v) is 5.34. The Hall–Kier alpha value is -1.39. The largest absolute Gasteiger partial charge is 0.467 e. The van der Waals surface area contributed by atoms with Crippen LogP contribution in [-0.2, 0) is 19.9 Å². The minimum absolute atomic E-state index is 0.281. The van der Waals surface area contributed by atoms with E-state index >= 15 is 0 Å².